The van der Waals surface area contributed by atoms with Crippen molar-refractivity contribution in [1.29, 1.82) is 0 Å². The van der Waals surface area contributed by atoms with Crippen molar-refractivity contribution in [2.45, 2.75) is 0 Å². The molecule has 12 aromatic rings. The second-order valence-electron chi connectivity index (χ2n) is 14.0. The van der Waals surface area contributed by atoms with Crippen molar-refractivity contribution in [1.82, 2.24) is 19.5 Å². The van der Waals surface area contributed by atoms with E-state index in [1.165, 1.54) is 0 Å². The molecule has 55 heavy (non-hydrogen) atoms. The monoisotopic (exact) mass is 704 g/mol. The molecule has 256 valence electrons. The number of furan rings is 2. The molecule has 0 radical (unpaired) electrons. The van der Waals surface area contributed by atoms with E-state index < -0.39 is 0 Å². The number of aromatic nitrogens is 4. The fourth-order valence-corrected chi connectivity index (χ4v) is 8.37. The van der Waals surface area contributed by atoms with Gasteiger partial charge >= 0.3 is 0 Å². The van der Waals surface area contributed by atoms with Crippen LogP contribution >= 0.6 is 0 Å². The van der Waals surface area contributed by atoms with Gasteiger partial charge in [-0.15, -0.1) is 0 Å². The minimum Gasteiger partial charge on any atom is -0.456 e. The molecule has 0 spiro atoms. The van der Waals surface area contributed by atoms with Gasteiger partial charge in [-0.05, 0) is 47.9 Å². The van der Waals surface area contributed by atoms with Crippen molar-refractivity contribution in [2.75, 3.05) is 0 Å². The molecular weight excluding hydrogens is 677 g/mol. The average Bonchev–Trinajstić information content (AvgIpc) is 3.92. The van der Waals surface area contributed by atoms with Crippen LogP contribution in [-0.4, -0.2) is 19.5 Å². The SMILES string of the molecule is c1ccc(-c2nc(-c3ccccc3)nc(-c3cc4c5ccccc5oc4c4c(-n5c6ccccc6c6cc7oc8ccccc8c7cc65)cccc34)n2)cc1. The second-order valence-corrected chi connectivity index (χ2v) is 14.0. The summed E-state index contributed by atoms with van der Waals surface area (Å²) in [5, 5.41) is 8.42. The minimum atomic E-state index is 0.593. The molecule has 0 aliphatic heterocycles. The summed E-state index contributed by atoms with van der Waals surface area (Å²) in [6, 6.07) is 58.4. The van der Waals surface area contributed by atoms with Gasteiger partial charge in [0, 0.05) is 54.4 Å². The molecule has 8 aromatic carbocycles. The Hall–Kier alpha value is -7.57. The van der Waals surface area contributed by atoms with Crippen molar-refractivity contribution in [2.24, 2.45) is 0 Å². The summed E-state index contributed by atoms with van der Waals surface area (Å²) < 4.78 is 15.6. The molecule has 12 rings (SSSR count). The Morgan fingerprint density at radius 1 is 0.364 bits per heavy atom. The molecule has 0 fully saturated rings. The Kier molecular flexibility index (Phi) is 6.24. The van der Waals surface area contributed by atoms with Crippen molar-refractivity contribution in [3.8, 4) is 39.9 Å². The summed E-state index contributed by atoms with van der Waals surface area (Å²) in [6.07, 6.45) is 0. The van der Waals surface area contributed by atoms with Crippen LogP contribution in [0.15, 0.2) is 179 Å². The van der Waals surface area contributed by atoms with Crippen LogP contribution < -0.4 is 0 Å². The lowest BCUT2D eigenvalue weighted by molar-refractivity contribution is 0.669. The third kappa shape index (κ3) is 4.46. The Morgan fingerprint density at radius 3 is 1.67 bits per heavy atom. The number of nitrogens with zero attached hydrogens (tertiary/aromatic N) is 4. The van der Waals surface area contributed by atoms with E-state index in [0.717, 1.165) is 98.8 Å². The van der Waals surface area contributed by atoms with E-state index in [1.807, 2.05) is 84.9 Å². The molecule has 0 amide bonds. The van der Waals surface area contributed by atoms with E-state index in [2.05, 4.69) is 89.5 Å². The van der Waals surface area contributed by atoms with E-state index in [4.69, 9.17) is 23.8 Å². The molecule has 0 bridgehead atoms. The first kappa shape index (κ1) is 29.9. The van der Waals surface area contributed by atoms with Gasteiger partial charge in [0.1, 0.15) is 22.3 Å². The van der Waals surface area contributed by atoms with Crippen molar-refractivity contribution in [3.05, 3.63) is 170 Å². The summed E-state index contributed by atoms with van der Waals surface area (Å²) in [4.78, 5) is 15.4. The van der Waals surface area contributed by atoms with E-state index in [-0.39, 0.29) is 0 Å². The number of benzene rings is 8. The maximum absolute atomic E-state index is 6.84. The summed E-state index contributed by atoms with van der Waals surface area (Å²) >= 11 is 0. The molecule has 0 aliphatic carbocycles. The maximum Gasteiger partial charge on any atom is 0.164 e. The predicted molar refractivity (Wildman–Crippen MR) is 223 cm³/mol. The predicted octanol–water partition coefficient (Wildman–Crippen LogP) is 12.9. The van der Waals surface area contributed by atoms with Crippen LogP contribution in [0.5, 0.6) is 0 Å². The standard InChI is InChI=1S/C49H28N4O2/c1-3-14-29(15-4-1)47-50-48(30-16-5-2-6-17-30)52-49(51-47)38-26-37-33-20-9-12-25-43(33)55-46(37)45-34(38)21-13-23-40(45)53-39-22-10-7-18-31(39)35-28-44-36(27-41(35)53)32-19-8-11-24-42(32)54-44/h1-28H. The van der Waals surface area contributed by atoms with E-state index >= 15 is 0 Å². The highest BCUT2D eigenvalue weighted by Gasteiger charge is 2.23. The van der Waals surface area contributed by atoms with E-state index in [9.17, 15) is 0 Å². The van der Waals surface area contributed by atoms with Crippen LogP contribution in [0.4, 0.5) is 0 Å². The van der Waals surface area contributed by atoms with Crippen LogP contribution in [0.3, 0.4) is 0 Å². The lowest BCUT2D eigenvalue weighted by Crippen LogP contribution is -2.01. The van der Waals surface area contributed by atoms with E-state index in [0.29, 0.717) is 17.5 Å². The van der Waals surface area contributed by atoms with Gasteiger partial charge in [-0.1, -0.05) is 127 Å². The van der Waals surface area contributed by atoms with Crippen molar-refractivity contribution >= 4 is 76.5 Å². The molecule has 0 N–H and O–H groups in total. The summed E-state index contributed by atoms with van der Waals surface area (Å²) in [6.45, 7) is 0. The highest BCUT2D eigenvalue weighted by atomic mass is 16.3. The lowest BCUT2D eigenvalue weighted by atomic mass is 9.98. The van der Waals surface area contributed by atoms with Crippen LogP contribution in [-0.2, 0) is 0 Å². The van der Waals surface area contributed by atoms with Gasteiger partial charge in [0.15, 0.2) is 17.5 Å². The quantitative estimate of drug-likeness (QED) is 0.182. The van der Waals surface area contributed by atoms with Crippen LogP contribution in [0, 0.1) is 0 Å². The molecule has 0 saturated carbocycles. The van der Waals surface area contributed by atoms with Crippen LogP contribution in [0.25, 0.3) is 116 Å². The molecular formula is C49H28N4O2. The van der Waals surface area contributed by atoms with Gasteiger partial charge in [0.25, 0.3) is 0 Å². The Balaban J connectivity index is 1.23. The smallest absolute Gasteiger partial charge is 0.164 e. The largest absolute Gasteiger partial charge is 0.456 e. The first-order chi connectivity index (χ1) is 27.3. The Labute approximate surface area is 313 Å². The first-order valence-corrected chi connectivity index (χ1v) is 18.4. The van der Waals surface area contributed by atoms with Gasteiger partial charge in [-0.25, -0.2) is 15.0 Å². The summed E-state index contributed by atoms with van der Waals surface area (Å²) in [7, 11) is 0. The Morgan fingerprint density at radius 2 is 0.945 bits per heavy atom. The molecule has 6 nitrogen and oxygen atoms in total. The molecule has 0 saturated heterocycles. The number of hydrogen-bond donors (Lipinski definition) is 0. The van der Waals surface area contributed by atoms with Crippen molar-refractivity contribution in [3.63, 3.8) is 0 Å². The first-order valence-electron chi connectivity index (χ1n) is 18.4. The Bertz CT molecular complexity index is 3430. The highest BCUT2D eigenvalue weighted by Crippen LogP contribution is 2.45. The third-order valence-corrected chi connectivity index (χ3v) is 10.8. The lowest BCUT2D eigenvalue weighted by Gasteiger charge is -2.15. The fraction of sp³-hybridized carbons (Fsp3) is 0. The zero-order valence-electron chi connectivity index (χ0n) is 29.3. The molecule has 6 heteroatoms. The molecule has 4 heterocycles. The summed E-state index contributed by atoms with van der Waals surface area (Å²) in [5.74, 6) is 1.82. The molecule has 0 atom stereocenters. The van der Waals surface area contributed by atoms with Gasteiger partial charge in [0.2, 0.25) is 0 Å². The van der Waals surface area contributed by atoms with Gasteiger partial charge in [-0.2, -0.15) is 0 Å². The molecule has 0 unspecified atom stereocenters. The zero-order valence-corrected chi connectivity index (χ0v) is 29.3. The van der Waals surface area contributed by atoms with Gasteiger partial charge < -0.3 is 13.4 Å². The topological polar surface area (TPSA) is 69.9 Å². The average molecular weight is 705 g/mol. The fourth-order valence-electron chi connectivity index (χ4n) is 8.37. The third-order valence-electron chi connectivity index (χ3n) is 10.8. The van der Waals surface area contributed by atoms with Gasteiger partial charge in [0.05, 0.1) is 16.7 Å². The van der Waals surface area contributed by atoms with Crippen LogP contribution in [0.1, 0.15) is 0 Å². The molecule has 4 aromatic heterocycles. The zero-order chi connectivity index (χ0) is 36.0. The number of para-hydroxylation sites is 3. The van der Waals surface area contributed by atoms with Crippen LogP contribution in [0.2, 0.25) is 0 Å². The highest BCUT2D eigenvalue weighted by molar-refractivity contribution is 6.23. The van der Waals surface area contributed by atoms with Gasteiger partial charge in [-0.3, -0.25) is 0 Å². The van der Waals surface area contributed by atoms with E-state index in [1.54, 1.807) is 0 Å². The number of fused-ring (bicyclic) bond motifs is 11. The summed E-state index contributed by atoms with van der Waals surface area (Å²) in [5.41, 5.74) is 9.31. The second kappa shape index (κ2) is 11.5. The number of hydrogen-bond acceptors (Lipinski definition) is 5. The minimum absolute atomic E-state index is 0.593. The normalized spacial score (nSPS) is 12.0. The number of rotatable bonds is 4. The van der Waals surface area contributed by atoms with Crippen molar-refractivity contribution < 1.29 is 8.83 Å². The maximum atomic E-state index is 6.84. The molecule has 0 aliphatic rings.